The highest BCUT2D eigenvalue weighted by atomic mass is 32.1. The molecule has 1 heterocycles. The van der Waals surface area contributed by atoms with E-state index in [4.69, 9.17) is 11.5 Å². The lowest BCUT2D eigenvalue weighted by atomic mass is 10.0. The summed E-state index contributed by atoms with van der Waals surface area (Å²) in [5.74, 6) is -14.0. The molecule has 1 aromatic carbocycles. The summed E-state index contributed by atoms with van der Waals surface area (Å²) in [5.41, 5.74) is 12.4. The van der Waals surface area contributed by atoms with E-state index in [1.54, 1.807) is 44.2 Å². The van der Waals surface area contributed by atoms with Gasteiger partial charge in [0.05, 0.1) is 19.0 Å². The topological polar surface area (TPSA) is 463 Å². The molecule has 0 unspecified atom stereocenters. The third-order valence-corrected chi connectivity index (χ3v) is 11.2. The van der Waals surface area contributed by atoms with Crippen LogP contribution in [-0.2, 0) is 70.4 Å². The molecular weight excluding hydrogens is 997 g/mol. The predicted molar refractivity (Wildman–Crippen MR) is 262 cm³/mol. The van der Waals surface area contributed by atoms with Crippen LogP contribution in [0, 0.1) is 5.92 Å². The maximum atomic E-state index is 13.8. The summed E-state index contributed by atoms with van der Waals surface area (Å²) < 4.78 is 0. The van der Waals surface area contributed by atoms with E-state index in [1.807, 2.05) is 0 Å². The number of nitrogens with two attached hydrogens (primary N) is 2. The average Bonchev–Trinajstić information content (AvgIpc) is 3.85. The number of imidazole rings is 1. The SMILES string of the molecule is CC(C)C[C@H](NC(=O)[C@H](CS)NC(=O)[C@H](CCC(N)=O)NC(=O)[C@H](CCC(=O)O)NC(=O)[C@H](CCC(=O)O)NC(=O)[C@@H](N)Cc1cnc[nH]1)C(=O)N[C@@H](CO)C(=O)N[C@@H](C)C(=O)N[C@@H](Cc1ccccc1)C(=O)O. The molecule has 2 aromatic rings. The summed E-state index contributed by atoms with van der Waals surface area (Å²) >= 11 is 4.15. The summed E-state index contributed by atoms with van der Waals surface area (Å²) in [5, 5.41) is 57.1. The Morgan fingerprint density at radius 3 is 1.49 bits per heavy atom. The largest absolute Gasteiger partial charge is 0.481 e. The van der Waals surface area contributed by atoms with Gasteiger partial charge in [-0.15, -0.1) is 0 Å². The zero-order chi connectivity index (χ0) is 55.7. The predicted octanol–water partition coefficient (Wildman–Crippen LogP) is -4.53. The molecule has 29 heteroatoms. The number of carbonyl (C=O) groups excluding carboxylic acids is 9. The summed E-state index contributed by atoms with van der Waals surface area (Å²) in [6.45, 7) is 3.63. The number of carboxylic acid groups (broad SMARTS) is 3. The first-order valence-corrected chi connectivity index (χ1v) is 23.8. The van der Waals surface area contributed by atoms with Crippen LogP contribution >= 0.6 is 12.6 Å². The summed E-state index contributed by atoms with van der Waals surface area (Å²) in [6.07, 6.45) is -0.974. The number of aliphatic hydroxyl groups excluding tert-OH is 1. The fourth-order valence-electron chi connectivity index (χ4n) is 6.81. The molecule has 0 saturated carbocycles. The number of H-pyrrole nitrogens is 1. The van der Waals surface area contributed by atoms with Crippen LogP contribution in [0.3, 0.4) is 0 Å². The van der Waals surface area contributed by atoms with Gasteiger partial charge in [0.2, 0.25) is 53.2 Å². The van der Waals surface area contributed by atoms with E-state index < -0.39 is 176 Å². The number of aliphatic hydroxyl groups is 1. The molecule has 28 nitrogen and oxygen atoms in total. The number of aromatic amines is 1. The smallest absolute Gasteiger partial charge is 0.326 e. The molecule has 0 aliphatic heterocycles. The van der Waals surface area contributed by atoms with E-state index in [1.165, 1.54) is 19.4 Å². The Morgan fingerprint density at radius 2 is 1.03 bits per heavy atom. The van der Waals surface area contributed by atoms with Crippen LogP contribution in [0.15, 0.2) is 42.9 Å². The number of hydrogen-bond acceptors (Lipinski definition) is 16. The van der Waals surface area contributed by atoms with Crippen LogP contribution in [0.5, 0.6) is 0 Å². The van der Waals surface area contributed by atoms with Gasteiger partial charge in [-0.25, -0.2) is 9.78 Å². The van der Waals surface area contributed by atoms with Crippen molar-refractivity contribution >= 4 is 83.7 Å². The first-order valence-electron chi connectivity index (χ1n) is 23.2. The molecule has 0 spiro atoms. The van der Waals surface area contributed by atoms with Crippen LogP contribution in [0.25, 0.3) is 0 Å². The lowest BCUT2D eigenvalue weighted by Crippen LogP contribution is -2.61. The van der Waals surface area contributed by atoms with E-state index >= 15 is 0 Å². The molecule has 408 valence electrons. The van der Waals surface area contributed by atoms with Crippen LogP contribution < -0.4 is 54.0 Å². The van der Waals surface area contributed by atoms with Gasteiger partial charge in [0.1, 0.15) is 48.3 Å². The van der Waals surface area contributed by atoms with Crippen LogP contribution in [0.1, 0.15) is 77.0 Å². The number of aromatic nitrogens is 2. The zero-order valence-corrected chi connectivity index (χ0v) is 41.7. The number of benzene rings is 1. The van der Waals surface area contributed by atoms with E-state index in [0.29, 0.717) is 11.3 Å². The monoisotopic (exact) mass is 1060 g/mol. The minimum atomic E-state index is -1.76. The van der Waals surface area contributed by atoms with E-state index in [-0.39, 0.29) is 25.2 Å². The van der Waals surface area contributed by atoms with Crippen molar-refractivity contribution in [1.29, 1.82) is 0 Å². The van der Waals surface area contributed by atoms with Gasteiger partial charge in [-0.05, 0) is 44.1 Å². The molecule has 17 N–H and O–H groups in total. The molecule has 9 amide bonds. The molecule has 0 aliphatic carbocycles. The lowest BCUT2D eigenvalue weighted by molar-refractivity contribution is -0.142. The molecular formula is C45H66N12O16S. The summed E-state index contributed by atoms with van der Waals surface area (Å²) in [6, 6.07) is -5.32. The van der Waals surface area contributed by atoms with Crippen molar-refractivity contribution in [2.24, 2.45) is 17.4 Å². The number of carbonyl (C=O) groups is 12. The van der Waals surface area contributed by atoms with Gasteiger partial charge in [-0.2, -0.15) is 12.6 Å². The van der Waals surface area contributed by atoms with Crippen molar-refractivity contribution in [2.75, 3.05) is 12.4 Å². The van der Waals surface area contributed by atoms with Gasteiger partial charge < -0.3 is 79.4 Å². The van der Waals surface area contributed by atoms with Crippen LogP contribution in [0.4, 0.5) is 0 Å². The Morgan fingerprint density at radius 1 is 0.581 bits per heavy atom. The van der Waals surface area contributed by atoms with E-state index in [2.05, 4.69) is 65.1 Å². The van der Waals surface area contributed by atoms with Crippen molar-refractivity contribution in [3.63, 3.8) is 0 Å². The fraction of sp³-hybridized carbons (Fsp3) is 0.533. The molecule has 0 radical (unpaired) electrons. The molecule has 74 heavy (non-hydrogen) atoms. The Bertz CT molecular complexity index is 2270. The number of hydrogen-bond donors (Lipinski definition) is 16. The number of carboxylic acids is 3. The number of thiol groups is 1. The third kappa shape index (κ3) is 22.8. The molecule has 0 fully saturated rings. The van der Waals surface area contributed by atoms with E-state index in [0.717, 1.165) is 0 Å². The number of amides is 9. The summed E-state index contributed by atoms with van der Waals surface area (Å²) in [7, 11) is 0. The second-order valence-electron chi connectivity index (χ2n) is 17.4. The van der Waals surface area contributed by atoms with Crippen LogP contribution in [-0.4, -0.2) is 168 Å². The van der Waals surface area contributed by atoms with Gasteiger partial charge in [0.25, 0.3) is 0 Å². The maximum absolute atomic E-state index is 13.8. The Labute approximate surface area is 429 Å². The molecule has 9 atom stereocenters. The number of rotatable bonds is 34. The Kier molecular flexibility index (Phi) is 26.8. The molecule has 2 rings (SSSR count). The average molecular weight is 1060 g/mol. The number of primary amides is 1. The zero-order valence-electron chi connectivity index (χ0n) is 40.8. The van der Waals surface area contributed by atoms with Gasteiger partial charge in [0.15, 0.2) is 0 Å². The van der Waals surface area contributed by atoms with E-state index in [9.17, 15) is 78.0 Å². The normalized spacial score (nSPS) is 14.6. The van der Waals surface area contributed by atoms with Crippen molar-refractivity contribution in [1.82, 2.24) is 52.5 Å². The second-order valence-corrected chi connectivity index (χ2v) is 17.8. The standard InChI is InChI=1S/C45H66N12O16S/c1-22(2)15-30(42(69)56-32(19-58)43(70)50-23(3)37(64)55-31(45(72)73)16-24-7-5-4-6-8-24)54-44(71)33(20-74)57-41(68)27(9-12-34(47)59)52-40(67)29(11-14-36(62)63)53-39(66)28(10-13-35(60)61)51-38(65)26(46)17-25-18-48-21-49-25/h4-8,18,21-23,26-33,58,74H,9-17,19-20,46H2,1-3H3,(H2,47,59)(H,48,49)(H,50,70)(H,51,65)(H,52,67)(H,53,66)(H,54,71)(H,55,64)(H,56,69)(H,57,68)(H,60,61)(H,62,63)(H,72,73)/t23-,26-,27-,28-,29-,30-,31-,32-,33-/m0/s1. The van der Waals surface area contributed by atoms with Gasteiger partial charge in [-0.1, -0.05) is 44.2 Å². The van der Waals surface area contributed by atoms with Crippen molar-refractivity contribution in [3.8, 4) is 0 Å². The maximum Gasteiger partial charge on any atom is 0.326 e. The van der Waals surface area contributed by atoms with Crippen LogP contribution in [0.2, 0.25) is 0 Å². The molecule has 0 saturated heterocycles. The van der Waals surface area contributed by atoms with Crippen molar-refractivity contribution in [3.05, 3.63) is 54.1 Å². The first kappa shape index (κ1) is 62.5. The first-order chi connectivity index (χ1) is 34.8. The second kappa shape index (κ2) is 31.7. The quantitative estimate of drug-likeness (QED) is 0.0294. The highest BCUT2D eigenvalue weighted by Gasteiger charge is 2.35. The summed E-state index contributed by atoms with van der Waals surface area (Å²) in [4.78, 5) is 161. The number of aliphatic carboxylic acids is 3. The minimum Gasteiger partial charge on any atom is -0.481 e. The number of nitrogens with one attached hydrogen (secondary N) is 9. The molecule has 0 aliphatic rings. The Balaban J connectivity index is 2.24. The number of nitrogens with zero attached hydrogens (tertiary/aromatic N) is 1. The minimum absolute atomic E-state index is 0.0625. The third-order valence-electron chi connectivity index (χ3n) is 10.8. The fourth-order valence-corrected chi connectivity index (χ4v) is 7.07. The van der Waals surface area contributed by atoms with Gasteiger partial charge in [0, 0.05) is 49.7 Å². The molecule has 1 aromatic heterocycles. The highest BCUT2D eigenvalue weighted by molar-refractivity contribution is 7.80. The Hall–Kier alpha value is -7.66. The lowest BCUT2D eigenvalue weighted by Gasteiger charge is -2.27. The van der Waals surface area contributed by atoms with Gasteiger partial charge >= 0.3 is 17.9 Å². The highest BCUT2D eigenvalue weighted by Crippen LogP contribution is 2.10. The van der Waals surface area contributed by atoms with Gasteiger partial charge in [-0.3, -0.25) is 52.7 Å². The molecule has 0 bridgehead atoms. The van der Waals surface area contributed by atoms with Crippen molar-refractivity contribution < 1.29 is 78.0 Å². The van der Waals surface area contributed by atoms with Crippen molar-refractivity contribution in [2.45, 2.75) is 133 Å².